The number of likely N-dealkylation sites (N-methyl/N-ethyl adjacent to an activating group) is 1. The molecule has 2 aromatic carbocycles. The first-order valence-corrected chi connectivity index (χ1v) is 12.9. The summed E-state index contributed by atoms with van der Waals surface area (Å²) in [5.41, 5.74) is -0.650. The summed E-state index contributed by atoms with van der Waals surface area (Å²) in [7, 11) is -0.122. The lowest BCUT2D eigenvalue weighted by Gasteiger charge is -2.11. The van der Waals surface area contributed by atoms with Crippen LogP contribution in [0.3, 0.4) is 0 Å². The van der Waals surface area contributed by atoms with Gasteiger partial charge in [0.25, 0.3) is 6.43 Å². The van der Waals surface area contributed by atoms with Gasteiger partial charge in [0.15, 0.2) is 5.65 Å². The van der Waals surface area contributed by atoms with E-state index in [2.05, 4.69) is 26.6 Å². The van der Waals surface area contributed by atoms with E-state index in [-0.39, 0.29) is 34.0 Å². The third-order valence-electron chi connectivity index (χ3n) is 5.52. The molecule has 13 heteroatoms. The summed E-state index contributed by atoms with van der Waals surface area (Å²) in [6, 6.07) is 12.4. The number of rotatable bonds is 7. The van der Waals surface area contributed by atoms with Crippen molar-refractivity contribution >= 4 is 15.7 Å². The standard InChI is InChI=1S/C26H22F5N5O2S/c1-35(2)13-12-32-39(37,38)21-5-3-4-17(14-21)6-11-20-15-24-33-22(16-23(25(27)28)36(24)34-20)18-7-9-19(10-8-18)26(29,30)31/h3-5,7-10,14-16,25,32H,12-13H2,1-2H3. The molecule has 0 radical (unpaired) electrons. The van der Waals surface area contributed by atoms with E-state index in [1.807, 2.05) is 19.0 Å². The van der Waals surface area contributed by atoms with Gasteiger partial charge in [-0.15, -0.1) is 0 Å². The van der Waals surface area contributed by atoms with Crippen LogP contribution in [0, 0.1) is 11.8 Å². The van der Waals surface area contributed by atoms with Gasteiger partial charge < -0.3 is 4.90 Å². The third kappa shape index (κ3) is 6.78. The summed E-state index contributed by atoms with van der Waals surface area (Å²) in [4.78, 5) is 6.12. The zero-order valence-electron chi connectivity index (χ0n) is 20.7. The smallest absolute Gasteiger partial charge is 0.308 e. The molecule has 0 aliphatic carbocycles. The fraction of sp³-hybridized carbons (Fsp3) is 0.231. The van der Waals surface area contributed by atoms with Crippen molar-refractivity contribution in [1.82, 2.24) is 24.2 Å². The van der Waals surface area contributed by atoms with Crippen LogP contribution in [0.25, 0.3) is 16.9 Å². The lowest BCUT2D eigenvalue weighted by atomic mass is 10.1. The maximum Gasteiger partial charge on any atom is 0.416 e. The average molecular weight is 564 g/mol. The predicted molar refractivity (Wildman–Crippen MR) is 135 cm³/mol. The molecule has 0 aliphatic rings. The maximum atomic E-state index is 13.8. The molecule has 4 rings (SSSR count). The van der Waals surface area contributed by atoms with Crippen LogP contribution < -0.4 is 4.72 Å². The van der Waals surface area contributed by atoms with E-state index in [1.165, 1.54) is 24.3 Å². The Balaban J connectivity index is 1.64. The first-order chi connectivity index (χ1) is 18.3. The zero-order chi connectivity index (χ0) is 28.4. The molecule has 2 heterocycles. The van der Waals surface area contributed by atoms with E-state index < -0.39 is 33.9 Å². The number of fused-ring (bicyclic) bond motifs is 1. The van der Waals surface area contributed by atoms with Crippen LogP contribution in [-0.4, -0.2) is 55.1 Å². The minimum Gasteiger partial charge on any atom is -0.308 e. The quantitative estimate of drug-likeness (QED) is 0.263. The number of nitrogens with one attached hydrogen (secondary N) is 1. The molecule has 0 fully saturated rings. The molecule has 0 saturated heterocycles. The Morgan fingerprint density at radius 3 is 2.38 bits per heavy atom. The molecule has 4 aromatic rings. The number of benzene rings is 2. The number of hydrogen-bond acceptors (Lipinski definition) is 5. The summed E-state index contributed by atoms with van der Waals surface area (Å²) >= 11 is 0. The molecule has 2 aromatic heterocycles. The van der Waals surface area contributed by atoms with Gasteiger partial charge >= 0.3 is 6.18 Å². The normalized spacial score (nSPS) is 12.2. The number of aromatic nitrogens is 3. The molecule has 0 atom stereocenters. The number of hydrogen-bond donors (Lipinski definition) is 1. The summed E-state index contributed by atoms with van der Waals surface area (Å²) in [5.74, 6) is 5.50. The number of sulfonamides is 1. The average Bonchev–Trinajstić information content (AvgIpc) is 3.29. The topological polar surface area (TPSA) is 79.6 Å². The second-order valence-corrected chi connectivity index (χ2v) is 10.5. The monoisotopic (exact) mass is 563 g/mol. The Morgan fingerprint density at radius 2 is 1.74 bits per heavy atom. The Labute approximate surface area is 221 Å². The van der Waals surface area contributed by atoms with Crippen LogP contribution in [-0.2, 0) is 16.2 Å². The highest BCUT2D eigenvalue weighted by Crippen LogP contribution is 2.31. The van der Waals surface area contributed by atoms with Crippen LogP contribution in [0.5, 0.6) is 0 Å². The van der Waals surface area contributed by atoms with Crippen LogP contribution in [0.4, 0.5) is 22.0 Å². The molecule has 7 nitrogen and oxygen atoms in total. The highest BCUT2D eigenvalue weighted by molar-refractivity contribution is 7.89. The summed E-state index contributed by atoms with van der Waals surface area (Å²) in [6.07, 6.45) is -7.48. The van der Waals surface area contributed by atoms with Gasteiger partial charge in [-0.2, -0.15) is 18.3 Å². The molecule has 0 unspecified atom stereocenters. The second-order valence-electron chi connectivity index (χ2n) is 8.72. The fourth-order valence-electron chi connectivity index (χ4n) is 3.56. The lowest BCUT2D eigenvalue weighted by molar-refractivity contribution is -0.137. The largest absolute Gasteiger partial charge is 0.416 e. The summed E-state index contributed by atoms with van der Waals surface area (Å²) < 4.78 is 94.8. The third-order valence-corrected chi connectivity index (χ3v) is 6.98. The Hall–Kier alpha value is -3.86. The lowest BCUT2D eigenvalue weighted by Crippen LogP contribution is -2.31. The minimum absolute atomic E-state index is 0.0193. The molecule has 39 heavy (non-hydrogen) atoms. The molecule has 0 saturated carbocycles. The minimum atomic E-state index is -4.53. The van der Waals surface area contributed by atoms with Crippen molar-refractivity contribution in [1.29, 1.82) is 0 Å². The van der Waals surface area contributed by atoms with Gasteiger partial charge in [0, 0.05) is 30.3 Å². The van der Waals surface area contributed by atoms with Gasteiger partial charge in [-0.1, -0.05) is 24.1 Å². The molecule has 1 N–H and O–H groups in total. The van der Waals surface area contributed by atoms with E-state index in [9.17, 15) is 30.4 Å². The van der Waals surface area contributed by atoms with E-state index in [4.69, 9.17) is 0 Å². The van der Waals surface area contributed by atoms with Gasteiger partial charge in [-0.05, 0) is 56.4 Å². The van der Waals surface area contributed by atoms with Crippen molar-refractivity contribution in [2.75, 3.05) is 27.2 Å². The highest BCUT2D eigenvalue weighted by Gasteiger charge is 2.30. The van der Waals surface area contributed by atoms with Crippen LogP contribution in [0.2, 0.25) is 0 Å². The number of alkyl halides is 5. The van der Waals surface area contributed by atoms with Gasteiger partial charge in [-0.3, -0.25) is 0 Å². The van der Waals surface area contributed by atoms with Gasteiger partial charge in [0.1, 0.15) is 11.4 Å². The second kappa shape index (κ2) is 11.1. The molecule has 0 bridgehead atoms. The molecule has 204 valence electrons. The fourth-order valence-corrected chi connectivity index (χ4v) is 4.62. The van der Waals surface area contributed by atoms with Crippen molar-refractivity contribution in [3.63, 3.8) is 0 Å². The molecule has 0 spiro atoms. The molecule has 0 amide bonds. The van der Waals surface area contributed by atoms with Crippen molar-refractivity contribution in [3.8, 4) is 23.1 Å². The zero-order valence-corrected chi connectivity index (χ0v) is 21.5. The first kappa shape index (κ1) is 28.2. The van der Waals surface area contributed by atoms with Crippen molar-refractivity contribution in [2.45, 2.75) is 17.5 Å². The van der Waals surface area contributed by atoms with Crippen LogP contribution in [0.1, 0.15) is 28.9 Å². The highest BCUT2D eigenvalue weighted by atomic mass is 32.2. The Kier molecular flexibility index (Phi) is 8.01. The predicted octanol–water partition coefficient (Wildman–Crippen LogP) is 4.59. The van der Waals surface area contributed by atoms with Crippen molar-refractivity contribution in [3.05, 3.63) is 83.2 Å². The van der Waals surface area contributed by atoms with E-state index in [0.717, 1.165) is 34.8 Å². The maximum absolute atomic E-state index is 13.8. The van der Waals surface area contributed by atoms with E-state index in [1.54, 1.807) is 6.07 Å². The molecular formula is C26H22F5N5O2S. The van der Waals surface area contributed by atoms with Crippen molar-refractivity contribution in [2.24, 2.45) is 0 Å². The van der Waals surface area contributed by atoms with Crippen molar-refractivity contribution < 1.29 is 30.4 Å². The summed E-state index contributed by atoms with van der Waals surface area (Å²) in [5, 5.41) is 4.07. The van der Waals surface area contributed by atoms with Gasteiger partial charge in [0.2, 0.25) is 10.0 Å². The Morgan fingerprint density at radius 1 is 1.03 bits per heavy atom. The first-order valence-electron chi connectivity index (χ1n) is 11.5. The van der Waals surface area contributed by atoms with E-state index in [0.29, 0.717) is 12.1 Å². The summed E-state index contributed by atoms with van der Waals surface area (Å²) in [6.45, 7) is 0.738. The molecular weight excluding hydrogens is 541 g/mol. The van der Waals surface area contributed by atoms with Crippen LogP contribution in [0.15, 0.2) is 65.6 Å². The van der Waals surface area contributed by atoms with Crippen LogP contribution >= 0.6 is 0 Å². The number of halogens is 5. The number of nitrogens with zero attached hydrogens (tertiary/aromatic N) is 4. The Bertz CT molecular complexity index is 1650. The molecule has 0 aliphatic heterocycles. The SMILES string of the molecule is CN(C)CCNS(=O)(=O)c1cccc(C#Cc2cc3nc(-c4ccc(C(F)(F)F)cc4)cc(C(F)F)n3n2)c1. The van der Waals surface area contributed by atoms with E-state index >= 15 is 0 Å². The van der Waals surface area contributed by atoms with Gasteiger partial charge in [-0.25, -0.2) is 31.4 Å². The van der Waals surface area contributed by atoms with Gasteiger partial charge in [0.05, 0.1) is 16.2 Å².